The Labute approximate surface area is 94.5 Å². The fourth-order valence-corrected chi connectivity index (χ4v) is 2.45. The van der Waals surface area contributed by atoms with Gasteiger partial charge in [-0.1, -0.05) is 12.2 Å². The first-order valence-corrected chi connectivity index (χ1v) is 5.35. The lowest BCUT2D eigenvalue weighted by molar-refractivity contribution is 0.470. The number of hydrogen-bond donors (Lipinski definition) is 1. The molecule has 80 valence electrons. The van der Waals surface area contributed by atoms with Crippen LogP contribution in [0, 0.1) is 5.41 Å². The van der Waals surface area contributed by atoms with Gasteiger partial charge >= 0.3 is 0 Å². The highest BCUT2D eigenvalue weighted by molar-refractivity contribution is 6.06. The molecule has 0 saturated carbocycles. The Morgan fingerprint density at radius 1 is 1.38 bits per heavy atom. The largest absolute Gasteiger partial charge is 0.398 e. The summed E-state index contributed by atoms with van der Waals surface area (Å²) in [7, 11) is 0. The monoisotopic (exact) mass is 211 g/mol. The molecule has 0 spiro atoms. The SMILES string of the molecule is CC12C=CC=C(N)C1=CN=C1C=CC=NC12. The molecular formula is C13H13N3. The molecule has 2 aliphatic heterocycles. The Balaban J connectivity index is 2.18. The fraction of sp³-hybridized carbons (Fsp3) is 0.231. The van der Waals surface area contributed by atoms with Crippen molar-refractivity contribution in [2.24, 2.45) is 21.1 Å². The van der Waals surface area contributed by atoms with Gasteiger partial charge in [-0.15, -0.1) is 0 Å². The van der Waals surface area contributed by atoms with E-state index in [1.165, 1.54) is 0 Å². The van der Waals surface area contributed by atoms with Gasteiger partial charge in [-0.2, -0.15) is 0 Å². The first-order valence-electron chi connectivity index (χ1n) is 5.35. The number of rotatable bonds is 0. The van der Waals surface area contributed by atoms with Crippen LogP contribution in [0.1, 0.15) is 6.92 Å². The lowest BCUT2D eigenvalue weighted by Gasteiger charge is -2.39. The average molecular weight is 211 g/mol. The van der Waals surface area contributed by atoms with E-state index in [1.54, 1.807) is 0 Å². The van der Waals surface area contributed by atoms with Crippen molar-refractivity contribution in [1.82, 2.24) is 0 Å². The molecule has 0 bridgehead atoms. The van der Waals surface area contributed by atoms with Crippen molar-refractivity contribution in [3.63, 3.8) is 0 Å². The summed E-state index contributed by atoms with van der Waals surface area (Å²) in [5, 5.41) is 0. The van der Waals surface area contributed by atoms with Gasteiger partial charge in [0, 0.05) is 29.1 Å². The molecule has 0 aromatic heterocycles. The maximum absolute atomic E-state index is 6.00. The van der Waals surface area contributed by atoms with Crippen molar-refractivity contribution >= 4 is 11.9 Å². The number of dihydropyridines is 1. The summed E-state index contributed by atoms with van der Waals surface area (Å²) >= 11 is 0. The van der Waals surface area contributed by atoms with Crippen LogP contribution in [0.2, 0.25) is 0 Å². The number of nitrogens with two attached hydrogens (primary N) is 1. The molecule has 3 aliphatic rings. The summed E-state index contributed by atoms with van der Waals surface area (Å²) in [5.74, 6) is 0. The second-order valence-electron chi connectivity index (χ2n) is 4.42. The Hall–Kier alpha value is -1.90. The summed E-state index contributed by atoms with van der Waals surface area (Å²) in [6, 6.07) is 0.0565. The Morgan fingerprint density at radius 3 is 3.12 bits per heavy atom. The molecule has 0 fully saturated rings. The van der Waals surface area contributed by atoms with E-state index in [4.69, 9.17) is 5.73 Å². The van der Waals surface area contributed by atoms with E-state index < -0.39 is 0 Å². The van der Waals surface area contributed by atoms with Crippen molar-refractivity contribution < 1.29 is 0 Å². The highest BCUT2D eigenvalue weighted by atomic mass is 14.9. The van der Waals surface area contributed by atoms with E-state index in [-0.39, 0.29) is 11.5 Å². The zero-order chi connectivity index (χ0) is 11.2. The Kier molecular flexibility index (Phi) is 1.78. The molecule has 1 aliphatic carbocycles. The van der Waals surface area contributed by atoms with Gasteiger partial charge in [0.25, 0.3) is 0 Å². The van der Waals surface area contributed by atoms with Gasteiger partial charge in [0.05, 0.1) is 5.71 Å². The van der Waals surface area contributed by atoms with Crippen LogP contribution in [-0.4, -0.2) is 18.0 Å². The van der Waals surface area contributed by atoms with Crippen LogP contribution >= 0.6 is 0 Å². The minimum absolute atomic E-state index is 0.0565. The third kappa shape index (κ3) is 1.08. The lowest BCUT2D eigenvalue weighted by atomic mass is 9.69. The van der Waals surface area contributed by atoms with Gasteiger partial charge in [0.15, 0.2) is 0 Å². The van der Waals surface area contributed by atoms with Crippen molar-refractivity contribution in [1.29, 1.82) is 0 Å². The second-order valence-corrected chi connectivity index (χ2v) is 4.42. The zero-order valence-corrected chi connectivity index (χ0v) is 9.09. The minimum Gasteiger partial charge on any atom is -0.398 e. The van der Waals surface area contributed by atoms with Crippen molar-refractivity contribution in [3.05, 3.63) is 47.9 Å². The third-order valence-electron chi connectivity index (χ3n) is 3.39. The van der Waals surface area contributed by atoms with Gasteiger partial charge in [-0.3, -0.25) is 9.98 Å². The molecule has 0 aromatic carbocycles. The van der Waals surface area contributed by atoms with Gasteiger partial charge in [-0.25, -0.2) is 0 Å². The van der Waals surface area contributed by atoms with E-state index in [9.17, 15) is 0 Å². The molecule has 2 unspecified atom stereocenters. The summed E-state index contributed by atoms with van der Waals surface area (Å²) < 4.78 is 0. The van der Waals surface area contributed by atoms with Crippen LogP contribution in [0.5, 0.6) is 0 Å². The molecule has 0 saturated heterocycles. The molecule has 3 rings (SSSR count). The lowest BCUT2D eigenvalue weighted by Crippen LogP contribution is -2.42. The standard InChI is InChI=1S/C13H13N3/c1-13-6-2-4-10(14)9(13)8-16-11-5-3-7-15-12(11)13/h2-8,12H,14H2,1H3. The van der Waals surface area contributed by atoms with Crippen LogP contribution in [0.4, 0.5) is 0 Å². The first kappa shape index (κ1) is 9.33. The highest BCUT2D eigenvalue weighted by Crippen LogP contribution is 2.43. The van der Waals surface area contributed by atoms with Crippen molar-refractivity contribution in [2.45, 2.75) is 13.0 Å². The van der Waals surface area contributed by atoms with E-state index in [0.717, 1.165) is 17.0 Å². The molecule has 16 heavy (non-hydrogen) atoms. The number of aliphatic imine (C=N–C) groups is 2. The summed E-state index contributed by atoms with van der Waals surface area (Å²) in [4.78, 5) is 8.96. The van der Waals surface area contributed by atoms with Gasteiger partial charge in [0.2, 0.25) is 0 Å². The number of nitrogens with zero attached hydrogens (tertiary/aromatic N) is 2. The van der Waals surface area contributed by atoms with E-state index in [0.29, 0.717) is 0 Å². The van der Waals surface area contributed by atoms with E-state index in [1.807, 2.05) is 36.7 Å². The molecule has 3 nitrogen and oxygen atoms in total. The molecule has 3 heteroatoms. The molecule has 0 radical (unpaired) electrons. The number of hydrogen-bond acceptors (Lipinski definition) is 3. The Morgan fingerprint density at radius 2 is 2.25 bits per heavy atom. The number of fused-ring (bicyclic) bond motifs is 3. The predicted octanol–water partition coefficient (Wildman–Crippen LogP) is 1.75. The van der Waals surface area contributed by atoms with Crippen LogP contribution in [0.25, 0.3) is 0 Å². The van der Waals surface area contributed by atoms with Crippen LogP contribution < -0.4 is 5.73 Å². The minimum atomic E-state index is -0.156. The topological polar surface area (TPSA) is 50.7 Å². The molecular weight excluding hydrogens is 198 g/mol. The van der Waals surface area contributed by atoms with E-state index >= 15 is 0 Å². The maximum Gasteiger partial charge on any atom is 0.105 e. The van der Waals surface area contributed by atoms with Crippen molar-refractivity contribution in [3.8, 4) is 0 Å². The molecule has 2 heterocycles. The van der Waals surface area contributed by atoms with Crippen LogP contribution in [0.15, 0.2) is 57.8 Å². The van der Waals surface area contributed by atoms with Crippen LogP contribution in [-0.2, 0) is 0 Å². The zero-order valence-electron chi connectivity index (χ0n) is 9.09. The third-order valence-corrected chi connectivity index (χ3v) is 3.39. The summed E-state index contributed by atoms with van der Waals surface area (Å²) in [5.41, 5.74) is 8.71. The Bertz CT molecular complexity index is 517. The molecule has 2 N–H and O–H groups in total. The predicted molar refractivity (Wildman–Crippen MR) is 66.5 cm³/mol. The maximum atomic E-state index is 6.00. The quantitative estimate of drug-likeness (QED) is 0.652. The van der Waals surface area contributed by atoms with Gasteiger partial charge in [-0.05, 0) is 25.2 Å². The highest BCUT2D eigenvalue weighted by Gasteiger charge is 2.42. The summed E-state index contributed by atoms with van der Waals surface area (Å²) in [6.07, 6.45) is 13.7. The first-order chi connectivity index (χ1) is 7.72. The van der Waals surface area contributed by atoms with Gasteiger partial charge < -0.3 is 5.73 Å². The average Bonchev–Trinajstić information content (AvgIpc) is 2.29. The van der Waals surface area contributed by atoms with Crippen molar-refractivity contribution in [2.75, 3.05) is 0 Å². The van der Waals surface area contributed by atoms with Gasteiger partial charge in [0.1, 0.15) is 6.04 Å². The van der Waals surface area contributed by atoms with Crippen LogP contribution in [0.3, 0.4) is 0 Å². The normalized spacial score (nSPS) is 34.8. The number of allylic oxidation sites excluding steroid dienone is 4. The smallest absolute Gasteiger partial charge is 0.105 e. The molecule has 0 amide bonds. The summed E-state index contributed by atoms with van der Waals surface area (Å²) in [6.45, 7) is 2.16. The second kappa shape index (κ2) is 3.04. The van der Waals surface area contributed by atoms with E-state index in [2.05, 4.69) is 23.0 Å². The molecule has 2 atom stereocenters. The fourth-order valence-electron chi connectivity index (χ4n) is 2.45. The molecule has 0 aromatic rings.